The molecule has 3 amide bonds. The van der Waals surface area contributed by atoms with Gasteiger partial charge in [-0.3, -0.25) is 24.1 Å². The van der Waals surface area contributed by atoms with E-state index in [0.717, 1.165) is 18.4 Å². The summed E-state index contributed by atoms with van der Waals surface area (Å²) >= 11 is 0. The number of nitrogens with one attached hydrogen (secondary N) is 1. The molecular formula is C43H73N5O8. The molecule has 1 fully saturated rings. The van der Waals surface area contributed by atoms with E-state index in [2.05, 4.69) is 12.2 Å². The van der Waals surface area contributed by atoms with Crippen LogP contribution in [0, 0.1) is 29.6 Å². The van der Waals surface area contributed by atoms with E-state index in [1.54, 1.807) is 30.9 Å². The van der Waals surface area contributed by atoms with Gasteiger partial charge in [0.05, 0.1) is 49.8 Å². The third-order valence-electron chi connectivity index (χ3n) is 11.8. The zero-order valence-corrected chi connectivity index (χ0v) is 36.3. The van der Waals surface area contributed by atoms with Crippen molar-refractivity contribution < 1.29 is 38.2 Å². The molecule has 56 heavy (non-hydrogen) atoms. The van der Waals surface area contributed by atoms with Crippen molar-refractivity contribution in [1.82, 2.24) is 20.0 Å². The van der Waals surface area contributed by atoms with Crippen LogP contribution in [0.3, 0.4) is 0 Å². The molecular weight excluding hydrogens is 714 g/mol. The van der Waals surface area contributed by atoms with Crippen LogP contribution in [-0.4, -0.2) is 136 Å². The van der Waals surface area contributed by atoms with Crippen molar-refractivity contribution in [1.29, 1.82) is 0 Å². The maximum atomic E-state index is 14.4. The predicted molar refractivity (Wildman–Crippen MR) is 218 cm³/mol. The number of likely N-dealkylation sites (N-methyl/N-ethyl adjacent to an activating group) is 2. The molecule has 0 radical (unpaired) electrons. The molecule has 1 aromatic rings. The first kappa shape index (κ1) is 48.8. The first-order valence-electron chi connectivity index (χ1n) is 20.5. The molecule has 1 saturated heterocycles. The monoisotopic (exact) mass is 788 g/mol. The van der Waals surface area contributed by atoms with Crippen molar-refractivity contribution in [2.24, 2.45) is 35.3 Å². The van der Waals surface area contributed by atoms with Gasteiger partial charge in [0.25, 0.3) is 0 Å². The predicted octanol–water partition coefficient (Wildman–Crippen LogP) is 3.95. The molecule has 1 heterocycles. The summed E-state index contributed by atoms with van der Waals surface area (Å²) in [6, 6.07) is 7.31. The summed E-state index contributed by atoms with van der Waals surface area (Å²) in [6.45, 7) is 15.3. The molecule has 0 aliphatic carbocycles. The summed E-state index contributed by atoms with van der Waals surface area (Å²) < 4.78 is 17.0. The number of hydrogen-bond donors (Lipinski definition) is 2. The van der Waals surface area contributed by atoms with Gasteiger partial charge in [0.1, 0.15) is 6.04 Å². The Bertz CT molecular complexity index is 1390. The Labute approximate surface area is 336 Å². The van der Waals surface area contributed by atoms with Crippen molar-refractivity contribution >= 4 is 29.5 Å². The molecule has 1 aliphatic heterocycles. The van der Waals surface area contributed by atoms with Gasteiger partial charge in [-0.05, 0) is 43.2 Å². The Balaban J connectivity index is 2.29. The quantitative estimate of drug-likeness (QED) is 0.147. The number of hydrogen-bond acceptors (Lipinski definition) is 10. The Hall–Kier alpha value is -3.39. The lowest BCUT2D eigenvalue weighted by molar-refractivity contribution is -0.150. The topological polar surface area (TPSA) is 161 Å². The molecule has 0 bridgehead atoms. The number of benzene rings is 1. The van der Waals surface area contributed by atoms with E-state index in [4.69, 9.17) is 19.9 Å². The fourth-order valence-electron chi connectivity index (χ4n) is 8.47. The van der Waals surface area contributed by atoms with Crippen LogP contribution in [-0.2, 0) is 44.6 Å². The minimum Gasteiger partial charge on any atom is -0.467 e. The maximum absolute atomic E-state index is 14.4. The van der Waals surface area contributed by atoms with Crippen LogP contribution in [0.5, 0.6) is 0 Å². The molecule has 9 atom stereocenters. The number of carbonyl (C=O) groups excluding carboxylic acids is 5. The summed E-state index contributed by atoms with van der Waals surface area (Å²) in [7, 11) is 8.04. The summed E-state index contributed by atoms with van der Waals surface area (Å²) in [6.07, 6.45) is 1.23. The average Bonchev–Trinajstić information content (AvgIpc) is 3.65. The van der Waals surface area contributed by atoms with Crippen LogP contribution in [0.1, 0.15) is 86.1 Å². The lowest BCUT2D eigenvalue weighted by atomic mass is 9.83. The highest BCUT2D eigenvalue weighted by Gasteiger charge is 2.43. The van der Waals surface area contributed by atoms with E-state index in [0.29, 0.717) is 26.1 Å². The molecule has 13 nitrogen and oxygen atoms in total. The molecule has 0 aromatic heterocycles. The Morgan fingerprint density at radius 3 is 2.09 bits per heavy atom. The summed E-state index contributed by atoms with van der Waals surface area (Å²) in [4.78, 5) is 74.3. The number of methoxy groups -OCH3 is 3. The minimum atomic E-state index is -0.890. The fourth-order valence-corrected chi connectivity index (χ4v) is 8.47. The van der Waals surface area contributed by atoms with Gasteiger partial charge in [0.15, 0.2) is 5.78 Å². The third-order valence-corrected chi connectivity index (χ3v) is 11.8. The molecule has 318 valence electrons. The van der Waals surface area contributed by atoms with Gasteiger partial charge in [0.2, 0.25) is 17.7 Å². The van der Waals surface area contributed by atoms with Gasteiger partial charge >= 0.3 is 5.97 Å². The van der Waals surface area contributed by atoms with E-state index < -0.39 is 42.1 Å². The smallest absolute Gasteiger partial charge is 0.328 e. The number of nitrogens with two attached hydrogens (primary N) is 1. The summed E-state index contributed by atoms with van der Waals surface area (Å²) in [5.41, 5.74) is 6.69. The molecule has 0 spiro atoms. The van der Waals surface area contributed by atoms with E-state index in [-0.39, 0.29) is 72.6 Å². The van der Waals surface area contributed by atoms with E-state index in [1.165, 1.54) is 14.2 Å². The number of likely N-dealkylation sites (tertiary alicyclic amines) is 1. The Morgan fingerprint density at radius 2 is 1.57 bits per heavy atom. The van der Waals surface area contributed by atoms with Crippen LogP contribution < -0.4 is 11.1 Å². The third kappa shape index (κ3) is 13.1. The molecule has 13 heteroatoms. The van der Waals surface area contributed by atoms with Crippen LogP contribution in [0.2, 0.25) is 0 Å². The molecule has 3 N–H and O–H groups in total. The van der Waals surface area contributed by atoms with Crippen LogP contribution in [0.25, 0.3) is 0 Å². The number of nitrogens with zero attached hydrogens (tertiary/aromatic N) is 3. The molecule has 0 unspecified atom stereocenters. The van der Waals surface area contributed by atoms with Gasteiger partial charge < -0.3 is 35.1 Å². The number of Topliss-reactive ketones (excluding diaryl/α,β-unsaturated/α-hetero) is 1. The number of ketones is 1. The lowest BCUT2D eigenvalue weighted by Crippen LogP contribution is -2.55. The Kier molecular flexibility index (Phi) is 20.7. The second kappa shape index (κ2) is 23.7. The zero-order valence-electron chi connectivity index (χ0n) is 36.3. The van der Waals surface area contributed by atoms with Gasteiger partial charge in [-0.15, -0.1) is 0 Å². The summed E-state index contributed by atoms with van der Waals surface area (Å²) in [5.74, 6) is -2.52. The van der Waals surface area contributed by atoms with Gasteiger partial charge in [-0.2, -0.15) is 0 Å². The van der Waals surface area contributed by atoms with Gasteiger partial charge in [-0.25, -0.2) is 4.79 Å². The van der Waals surface area contributed by atoms with Crippen LogP contribution in [0.4, 0.5) is 0 Å². The van der Waals surface area contributed by atoms with Crippen molar-refractivity contribution in [3.8, 4) is 0 Å². The van der Waals surface area contributed by atoms with Crippen molar-refractivity contribution in [3.05, 3.63) is 35.9 Å². The van der Waals surface area contributed by atoms with E-state index in [9.17, 15) is 24.0 Å². The maximum Gasteiger partial charge on any atom is 0.328 e. The summed E-state index contributed by atoms with van der Waals surface area (Å²) in [5, 5.41) is 2.86. The van der Waals surface area contributed by atoms with E-state index >= 15 is 0 Å². The second-order valence-electron chi connectivity index (χ2n) is 16.3. The number of carbonyl (C=O) groups is 5. The fraction of sp³-hybridized carbons (Fsp3) is 0.744. The standard InChI is InChI=1S/C43H73N5O8/c1-13-29(6)39(47(9)42(52)32(27(2)3)25-35(49)38(28(4)5)46(8)23-21-44)36(54-10)26-37(50)48-22-17-20-34(48)40(55-11)30(7)41(51)45-33(43(53)56-12)24-31-18-15-14-16-19-31/h14-16,18-19,27-30,32-34,36,38-40H,13,17,20-26,44H2,1-12H3,(H,45,51)/t29-,30+,32-,33-,34-,36+,38-,39-,40+/m0/s1. The average molecular weight is 788 g/mol. The number of amides is 3. The highest BCUT2D eigenvalue weighted by atomic mass is 16.5. The van der Waals surface area contributed by atoms with Crippen molar-refractivity contribution in [3.63, 3.8) is 0 Å². The first-order valence-corrected chi connectivity index (χ1v) is 20.5. The van der Waals surface area contributed by atoms with Gasteiger partial charge in [0, 0.05) is 59.7 Å². The first-order chi connectivity index (χ1) is 26.5. The van der Waals surface area contributed by atoms with Crippen molar-refractivity contribution in [2.45, 2.75) is 123 Å². The highest BCUT2D eigenvalue weighted by molar-refractivity contribution is 5.90. The number of ether oxygens (including phenoxy) is 3. The molecule has 0 saturated carbocycles. The molecule has 1 aliphatic rings. The second-order valence-corrected chi connectivity index (χ2v) is 16.3. The number of esters is 1. The minimum absolute atomic E-state index is 0.0163. The van der Waals surface area contributed by atoms with E-state index in [1.807, 2.05) is 76.9 Å². The van der Waals surface area contributed by atoms with Gasteiger partial charge in [-0.1, -0.05) is 85.2 Å². The Morgan fingerprint density at radius 1 is 0.929 bits per heavy atom. The normalized spacial score (nSPS) is 18.9. The largest absolute Gasteiger partial charge is 0.467 e. The highest BCUT2D eigenvalue weighted by Crippen LogP contribution is 2.31. The van der Waals surface area contributed by atoms with Crippen LogP contribution >= 0.6 is 0 Å². The van der Waals surface area contributed by atoms with Crippen molar-refractivity contribution in [2.75, 3.05) is 55.1 Å². The number of rotatable bonds is 24. The zero-order chi connectivity index (χ0) is 42.3. The SMILES string of the molecule is CC[C@H](C)[C@@H]([C@@H](CC(=O)N1CCC[C@H]1[C@H](OC)[C@@H](C)C(=O)N[C@@H](Cc1ccccc1)C(=O)OC)OC)N(C)C(=O)[C@@H](CC(=O)[C@H](C(C)C)N(C)CCN)C(C)C. The molecule has 1 aromatic carbocycles. The molecule has 2 rings (SSSR count). The van der Waals surface area contributed by atoms with Crippen LogP contribution in [0.15, 0.2) is 30.3 Å². The lowest BCUT2D eigenvalue weighted by Gasteiger charge is -2.41.